The molecule has 1 aromatic heterocycles. The van der Waals surface area contributed by atoms with Crippen molar-refractivity contribution in [1.29, 1.82) is 0 Å². The van der Waals surface area contributed by atoms with Gasteiger partial charge in [-0.3, -0.25) is 9.80 Å². The molecule has 2 fully saturated rings. The molecule has 1 N–H and O–H groups in total. The van der Waals surface area contributed by atoms with Gasteiger partial charge in [-0.1, -0.05) is 11.8 Å². The van der Waals surface area contributed by atoms with E-state index in [1.54, 1.807) is 11.3 Å². The number of aliphatic hydroxyl groups excluding tert-OH is 1. The van der Waals surface area contributed by atoms with Crippen molar-refractivity contribution < 1.29 is 5.11 Å². The first kappa shape index (κ1) is 14.1. The van der Waals surface area contributed by atoms with Gasteiger partial charge in [0.05, 0.1) is 0 Å². The lowest BCUT2D eigenvalue weighted by atomic mass is 10.2. The Kier molecular flexibility index (Phi) is 4.74. The van der Waals surface area contributed by atoms with Crippen molar-refractivity contribution in [3.8, 4) is 11.8 Å². The molecule has 0 bridgehead atoms. The molecule has 0 aromatic carbocycles. The highest BCUT2D eigenvalue weighted by atomic mass is 32.1. The molecule has 0 amide bonds. The Labute approximate surface area is 125 Å². The summed E-state index contributed by atoms with van der Waals surface area (Å²) < 4.78 is 0. The van der Waals surface area contributed by atoms with Crippen LogP contribution in [-0.4, -0.2) is 53.7 Å². The molecule has 3 heterocycles. The zero-order valence-corrected chi connectivity index (χ0v) is 12.7. The average Bonchev–Trinajstić information content (AvgIpc) is 3.03. The van der Waals surface area contributed by atoms with Crippen molar-refractivity contribution in [3.05, 3.63) is 21.9 Å². The average molecular weight is 290 g/mol. The molecule has 1 aromatic rings. The Hall–Kier alpha value is -0.860. The molecular formula is C16H22N2OS. The first-order chi connectivity index (χ1) is 9.86. The van der Waals surface area contributed by atoms with Gasteiger partial charge in [-0.15, -0.1) is 11.3 Å². The molecule has 20 heavy (non-hydrogen) atoms. The van der Waals surface area contributed by atoms with E-state index in [9.17, 15) is 0 Å². The number of fused-ring (bicyclic) bond motifs is 1. The normalized spacial score (nSPS) is 23.9. The van der Waals surface area contributed by atoms with Crippen LogP contribution in [0.2, 0.25) is 0 Å². The van der Waals surface area contributed by atoms with Gasteiger partial charge in [0.15, 0.2) is 0 Å². The number of thiophene rings is 1. The van der Waals surface area contributed by atoms with Crippen molar-refractivity contribution in [2.45, 2.75) is 31.8 Å². The molecule has 3 nitrogen and oxygen atoms in total. The van der Waals surface area contributed by atoms with E-state index in [2.05, 4.69) is 33.1 Å². The largest absolute Gasteiger partial charge is 0.384 e. The Morgan fingerprint density at radius 3 is 3.10 bits per heavy atom. The van der Waals surface area contributed by atoms with Gasteiger partial charge in [-0.25, -0.2) is 0 Å². The summed E-state index contributed by atoms with van der Waals surface area (Å²) in [5.74, 6) is 5.83. The Morgan fingerprint density at radius 2 is 2.20 bits per heavy atom. The van der Waals surface area contributed by atoms with E-state index in [1.807, 2.05) is 0 Å². The monoisotopic (exact) mass is 290 g/mol. The van der Waals surface area contributed by atoms with Crippen LogP contribution in [0.5, 0.6) is 0 Å². The Balaban J connectivity index is 1.66. The second-order valence-electron chi connectivity index (χ2n) is 5.64. The van der Waals surface area contributed by atoms with Crippen LogP contribution in [0.4, 0.5) is 0 Å². The highest BCUT2D eigenvalue weighted by Crippen LogP contribution is 2.24. The van der Waals surface area contributed by atoms with Gasteiger partial charge in [0, 0.05) is 29.6 Å². The van der Waals surface area contributed by atoms with Crippen molar-refractivity contribution in [3.63, 3.8) is 0 Å². The summed E-state index contributed by atoms with van der Waals surface area (Å²) in [7, 11) is 0. The molecular weight excluding hydrogens is 268 g/mol. The van der Waals surface area contributed by atoms with Crippen LogP contribution in [-0.2, 0) is 6.54 Å². The number of aliphatic hydroxyl groups is 1. The molecule has 2 aliphatic rings. The zero-order chi connectivity index (χ0) is 13.8. The van der Waals surface area contributed by atoms with Crippen LogP contribution >= 0.6 is 11.3 Å². The highest BCUT2D eigenvalue weighted by molar-refractivity contribution is 7.10. The van der Waals surface area contributed by atoms with Crippen molar-refractivity contribution >= 4 is 11.3 Å². The first-order valence-corrected chi connectivity index (χ1v) is 8.37. The minimum atomic E-state index is -0.0595. The molecule has 2 aliphatic heterocycles. The number of nitrogens with zero attached hydrogens (tertiary/aromatic N) is 2. The fourth-order valence-electron chi connectivity index (χ4n) is 3.34. The lowest BCUT2D eigenvalue weighted by molar-refractivity contribution is 0.216. The van der Waals surface area contributed by atoms with Crippen LogP contribution in [0.1, 0.15) is 29.7 Å². The first-order valence-electron chi connectivity index (χ1n) is 7.49. The van der Waals surface area contributed by atoms with Crippen LogP contribution in [0.25, 0.3) is 0 Å². The van der Waals surface area contributed by atoms with Crippen LogP contribution in [0.3, 0.4) is 0 Å². The SMILES string of the molecule is OCC#Cc1ccsc1CN1CCCN2CCCC2C1. The van der Waals surface area contributed by atoms with E-state index in [0.29, 0.717) is 0 Å². The molecule has 1 unspecified atom stereocenters. The predicted octanol–water partition coefficient (Wildman–Crippen LogP) is 1.76. The molecule has 0 aliphatic carbocycles. The summed E-state index contributed by atoms with van der Waals surface area (Å²) in [4.78, 5) is 6.60. The third kappa shape index (κ3) is 3.24. The van der Waals surface area contributed by atoms with E-state index in [1.165, 1.54) is 50.3 Å². The summed E-state index contributed by atoms with van der Waals surface area (Å²) in [6, 6.07) is 2.84. The molecule has 0 spiro atoms. The lowest BCUT2D eigenvalue weighted by Gasteiger charge is -2.25. The summed E-state index contributed by atoms with van der Waals surface area (Å²) in [5.41, 5.74) is 1.09. The molecule has 1 atom stereocenters. The molecule has 4 heteroatoms. The van der Waals surface area contributed by atoms with Crippen LogP contribution < -0.4 is 0 Å². The number of rotatable bonds is 2. The Bertz CT molecular complexity index is 502. The summed E-state index contributed by atoms with van der Waals surface area (Å²) >= 11 is 1.79. The van der Waals surface area contributed by atoms with Crippen molar-refractivity contribution in [2.24, 2.45) is 0 Å². The predicted molar refractivity (Wildman–Crippen MR) is 82.8 cm³/mol. The van der Waals surface area contributed by atoms with Gasteiger partial charge in [0.1, 0.15) is 6.61 Å². The number of hydrogen-bond donors (Lipinski definition) is 1. The minimum Gasteiger partial charge on any atom is -0.384 e. The van der Waals surface area contributed by atoms with E-state index in [4.69, 9.17) is 5.11 Å². The van der Waals surface area contributed by atoms with Gasteiger partial charge in [0.2, 0.25) is 0 Å². The third-order valence-corrected chi connectivity index (χ3v) is 5.21. The zero-order valence-electron chi connectivity index (χ0n) is 11.8. The molecule has 2 saturated heterocycles. The van der Waals surface area contributed by atoms with E-state index in [0.717, 1.165) is 18.2 Å². The standard InChI is InChI=1S/C16H22N2OS/c19-10-2-4-14-6-11-20-16(14)13-17-7-3-9-18-8-1-5-15(18)12-17/h6,11,15,19H,1,3,5,7-10,12-13H2. The lowest BCUT2D eigenvalue weighted by Crippen LogP contribution is -2.36. The number of hydrogen-bond acceptors (Lipinski definition) is 4. The molecule has 0 saturated carbocycles. The van der Waals surface area contributed by atoms with E-state index >= 15 is 0 Å². The Morgan fingerprint density at radius 1 is 1.30 bits per heavy atom. The van der Waals surface area contributed by atoms with Crippen LogP contribution in [0, 0.1) is 11.8 Å². The van der Waals surface area contributed by atoms with Crippen molar-refractivity contribution in [2.75, 3.05) is 32.8 Å². The summed E-state index contributed by atoms with van der Waals surface area (Å²) in [6.45, 7) is 5.91. The van der Waals surface area contributed by atoms with Gasteiger partial charge < -0.3 is 5.11 Å². The van der Waals surface area contributed by atoms with E-state index < -0.39 is 0 Å². The van der Waals surface area contributed by atoms with Gasteiger partial charge in [-0.05, 0) is 50.3 Å². The third-order valence-electron chi connectivity index (χ3n) is 4.30. The second-order valence-corrected chi connectivity index (χ2v) is 6.64. The van der Waals surface area contributed by atoms with Gasteiger partial charge in [0.25, 0.3) is 0 Å². The van der Waals surface area contributed by atoms with Crippen molar-refractivity contribution in [1.82, 2.24) is 9.80 Å². The maximum absolute atomic E-state index is 8.83. The van der Waals surface area contributed by atoms with Gasteiger partial charge >= 0.3 is 0 Å². The maximum atomic E-state index is 8.83. The van der Waals surface area contributed by atoms with Crippen LogP contribution in [0.15, 0.2) is 11.4 Å². The smallest absolute Gasteiger partial charge is 0.104 e. The molecule has 108 valence electrons. The molecule has 0 radical (unpaired) electrons. The maximum Gasteiger partial charge on any atom is 0.104 e. The quantitative estimate of drug-likeness (QED) is 0.841. The fraction of sp³-hybridized carbons (Fsp3) is 0.625. The van der Waals surface area contributed by atoms with Gasteiger partial charge in [-0.2, -0.15) is 0 Å². The highest BCUT2D eigenvalue weighted by Gasteiger charge is 2.28. The summed E-state index contributed by atoms with van der Waals surface area (Å²) in [6.07, 6.45) is 4.00. The topological polar surface area (TPSA) is 26.7 Å². The molecule has 3 rings (SSSR count). The minimum absolute atomic E-state index is 0.0595. The fourth-order valence-corrected chi connectivity index (χ4v) is 4.21. The summed E-state index contributed by atoms with van der Waals surface area (Å²) in [5, 5.41) is 10.9. The second kappa shape index (κ2) is 6.73. The van der Waals surface area contributed by atoms with E-state index in [-0.39, 0.29) is 6.61 Å².